The molecule has 2 heterocycles. The highest BCUT2D eigenvalue weighted by Crippen LogP contribution is 2.32. The van der Waals surface area contributed by atoms with Crippen molar-refractivity contribution < 1.29 is 23.5 Å². The molecule has 0 unspecified atom stereocenters. The van der Waals surface area contributed by atoms with Crippen LogP contribution in [0.3, 0.4) is 0 Å². The van der Waals surface area contributed by atoms with Gasteiger partial charge < -0.3 is 13.9 Å². The predicted octanol–water partition coefficient (Wildman–Crippen LogP) is 4.04. The van der Waals surface area contributed by atoms with Gasteiger partial charge in [0.25, 0.3) is 17.0 Å². The number of aromatic nitrogens is 2. The van der Waals surface area contributed by atoms with E-state index in [1.54, 1.807) is 24.3 Å². The summed E-state index contributed by atoms with van der Waals surface area (Å²) < 4.78 is 17.1. The summed E-state index contributed by atoms with van der Waals surface area (Å²) in [6.07, 6.45) is 1.63. The Morgan fingerprint density at radius 3 is 2.63 bits per heavy atom. The van der Waals surface area contributed by atoms with Gasteiger partial charge in [-0.2, -0.15) is 0 Å². The van der Waals surface area contributed by atoms with Gasteiger partial charge in [-0.1, -0.05) is 24.3 Å². The second-order valence-electron chi connectivity index (χ2n) is 6.15. The molecule has 1 N–H and O–H groups in total. The number of amides is 2. The molecule has 1 aliphatic rings. The monoisotopic (exact) mass is 423 g/mol. The Balaban J connectivity index is 1.49. The van der Waals surface area contributed by atoms with Crippen molar-refractivity contribution in [3.8, 4) is 23.0 Å². The predicted molar refractivity (Wildman–Crippen MR) is 111 cm³/mol. The van der Waals surface area contributed by atoms with Crippen molar-refractivity contribution in [2.24, 2.45) is 0 Å². The van der Waals surface area contributed by atoms with Crippen molar-refractivity contribution in [2.75, 3.05) is 6.61 Å². The number of carbonyl (C=O) groups excluding carboxylic acids is 2. The van der Waals surface area contributed by atoms with E-state index in [-0.39, 0.29) is 11.8 Å². The van der Waals surface area contributed by atoms with Crippen molar-refractivity contribution in [3.05, 3.63) is 64.9 Å². The summed E-state index contributed by atoms with van der Waals surface area (Å²) in [5.41, 5.74) is 1.54. The summed E-state index contributed by atoms with van der Waals surface area (Å²) in [5, 5.41) is 9.90. The Bertz CT molecular complexity index is 1110. The average molecular weight is 423 g/mol. The first kappa shape index (κ1) is 19.7. The topological polar surface area (TPSA) is 104 Å². The lowest BCUT2D eigenvalue weighted by atomic mass is 10.2. The number of imide groups is 1. The first-order chi connectivity index (χ1) is 14.6. The second-order valence-corrected chi connectivity index (χ2v) is 7.16. The van der Waals surface area contributed by atoms with Crippen LogP contribution in [0.25, 0.3) is 17.5 Å². The molecule has 4 rings (SSSR count). The molecule has 152 valence electrons. The summed E-state index contributed by atoms with van der Waals surface area (Å²) in [4.78, 5) is 23.4. The van der Waals surface area contributed by atoms with E-state index in [9.17, 15) is 9.59 Å². The molecule has 9 heteroatoms. The number of hydrogen-bond donors (Lipinski definition) is 1. The fourth-order valence-corrected chi connectivity index (χ4v) is 3.41. The summed E-state index contributed by atoms with van der Waals surface area (Å²) in [6.45, 7) is 2.37. The van der Waals surface area contributed by atoms with Gasteiger partial charge in [-0.25, -0.2) is 0 Å². The van der Waals surface area contributed by atoms with E-state index in [2.05, 4.69) is 15.5 Å². The van der Waals surface area contributed by atoms with Crippen LogP contribution in [0.2, 0.25) is 0 Å². The molecule has 1 saturated heterocycles. The van der Waals surface area contributed by atoms with Crippen molar-refractivity contribution >= 4 is 29.0 Å². The minimum atomic E-state index is -0.408. The Hall–Kier alpha value is -3.59. The van der Waals surface area contributed by atoms with Gasteiger partial charge in [0.2, 0.25) is 5.89 Å². The van der Waals surface area contributed by atoms with Crippen molar-refractivity contribution in [3.63, 3.8) is 0 Å². The number of nitrogens with one attached hydrogen (secondary N) is 1. The van der Waals surface area contributed by atoms with Crippen LogP contribution in [0.5, 0.6) is 11.5 Å². The third kappa shape index (κ3) is 4.52. The van der Waals surface area contributed by atoms with Crippen LogP contribution in [-0.4, -0.2) is 28.0 Å². The fourth-order valence-electron chi connectivity index (χ4n) is 2.72. The normalized spacial score (nSPS) is 14.8. The van der Waals surface area contributed by atoms with E-state index >= 15 is 0 Å². The summed E-state index contributed by atoms with van der Waals surface area (Å²) in [5.74, 6) is 1.35. The van der Waals surface area contributed by atoms with Crippen LogP contribution in [0, 0.1) is 0 Å². The van der Waals surface area contributed by atoms with Crippen molar-refractivity contribution in [1.29, 1.82) is 0 Å². The SMILES string of the molecule is CCOc1cc(/C=C2/SC(=O)NC2=O)ccc1OCc1nnc(-c2ccccc2)o1. The highest BCUT2D eigenvalue weighted by Gasteiger charge is 2.25. The van der Waals surface area contributed by atoms with E-state index in [1.165, 1.54) is 0 Å². The van der Waals surface area contributed by atoms with E-state index in [4.69, 9.17) is 13.9 Å². The van der Waals surface area contributed by atoms with Crippen molar-refractivity contribution in [2.45, 2.75) is 13.5 Å². The molecular weight excluding hydrogens is 406 g/mol. The van der Waals surface area contributed by atoms with Gasteiger partial charge in [0.15, 0.2) is 18.1 Å². The largest absolute Gasteiger partial charge is 0.490 e. The maximum Gasteiger partial charge on any atom is 0.290 e. The molecule has 0 saturated carbocycles. The molecule has 1 fully saturated rings. The average Bonchev–Trinajstić information content (AvgIpc) is 3.34. The molecule has 3 aromatic rings. The van der Waals surface area contributed by atoms with Crippen LogP contribution in [0.4, 0.5) is 4.79 Å². The number of thioether (sulfide) groups is 1. The van der Waals surface area contributed by atoms with Gasteiger partial charge >= 0.3 is 0 Å². The molecule has 8 nitrogen and oxygen atoms in total. The number of nitrogens with zero attached hydrogens (tertiary/aromatic N) is 2. The Labute approximate surface area is 176 Å². The van der Waals surface area contributed by atoms with Gasteiger partial charge in [-0.3, -0.25) is 14.9 Å². The van der Waals surface area contributed by atoms with E-state index in [0.717, 1.165) is 17.3 Å². The highest BCUT2D eigenvalue weighted by molar-refractivity contribution is 8.18. The number of benzene rings is 2. The molecule has 2 amide bonds. The minimum absolute atomic E-state index is 0.0765. The maximum atomic E-state index is 11.7. The smallest absolute Gasteiger partial charge is 0.290 e. The quantitative estimate of drug-likeness (QED) is 0.568. The third-order valence-corrected chi connectivity index (χ3v) is 4.86. The summed E-state index contributed by atoms with van der Waals surface area (Å²) in [7, 11) is 0. The van der Waals surface area contributed by atoms with Gasteiger partial charge in [0, 0.05) is 5.56 Å². The fraction of sp³-hybridized carbons (Fsp3) is 0.143. The molecule has 0 aliphatic carbocycles. The molecule has 0 spiro atoms. The van der Waals surface area contributed by atoms with Gasteiger partial charge in [0.1, 0.15) is 0 Å². The standard InChI is InChI=1S/C21H17N3O5S/c1-2-27-16-10-13(11-17-19(25)22-21(26)30-17)8-9-15(16)28-12-18-23-24-20(29-18)14-6-4-3-5-7-14/h3-11H,2,12H2,1H3,(H,22,25,26)/b17-11+. The third-order valence-electron chi connectivity index (χ3n) is 4.05. The molecule has 1 aromatic heterocycles. The number of carbonyl (C=O) groups is 2. The first-order valence-corrected chi connectivity index (χ1v) is 9.96. The summed E-state index contributed by atoms with van der Waals surface area (Å²) >= 11 is 0.862. The van der Waals surface area contributed by atoms with Crippen LogP contribution >= 0.6 is 11.8 Å². The summed E-state index contributed by atoms with van der Waals surface area (Å²) in [6, 6.07) is 14.7. The van der Waals surface area contributed by atoms with E-state index in [0.29, 0.717) is 40.4 Å². The van der Waals surface area contributed by atoms with E-state index < -0.39 is 5.91 Å². The highest BCUT2D eigenvalue weighted by atomic mass is 32.2. The molecule has 0 atom stereocenters. The van der Waals surface area contributed by atoms with Crippen molar-refractivity contribution in [1.82, 2.24) is 15.5 Å². The van der Waals surface area contributed by atoms with Gasteiger partial charge in [-0.05, 0) is 54.6 Å². The van der Waals surface area contributed by atoms with Crippen LogP contribution in [0.1, 0.15) is 18.4 Å². The van der Waals surface area contributed by atoms with Gasteiger partial charge in [-0.15, -0.1) is 10.2 Å². The van der Waals surface area contributed by atoms with Gasteiger partial charge in [0.05, 0.1) is 11.5 Å². The molecule has 1 aliphatic heterocycles. The zero-order chi connectivity index (χ0) is 20.9. The molecular formula is C21H17N3O5S. The Morgan fingerprint density at radius 2 is 1.90 bits per heavy atom. The lowest BCUT2D eigenvalue weighted by Gasteiger charge is -2.11. The lowest BCUT2D eigenvalue weighted by Crippen LogP contribution is -2.17. The van der Waals surface area contributed by atoms with Crippen LogP contribution in [0.15, 0.2) is 57.9 Å². The maximum absolute atomic E-state index is 11.7. The number of ether oxygens (including phenoxy) is 2. The zero-order valence-corrected chi connectivity index (χ0v) is 16.8. The minimum Gasteiger partial charge on any atom is -0.490 e. The van der Waals surface area contributed by atoms with E-state index in [1.807, 2.05) is 37.3 Å². The Morgan fingerprint density at radius 1 is 1.07 bits per heavy atom. The Kier molecular flexibility index (Phi) is 5.80. The molecule has 0 radical (unpaired) electrons. The lowest BCUT2D eigenvalue weighted by molar-refractivity contribution is -0.115. The molecule has 2 aromatic carbocycles. The second kappa shape index (κ2) is 8.83. The molecule has 30 heavy (non-hydrogen) atoms. The first-order valence-electron chi connectivity index (χ1n) is 9.14. The number of hydrogen-bond acceptors (Lipinski definition) is 8. The van der Waals surface area contributed by atoms with Crippen LogP contribution < -0.4 is 14.8 Å². The molecule has 0 bridgehead atoms. The number of rotatable bonds is 7. The van der Waals surface area contributed by atoms with Crippen LogP contribution in [-0.2, 0) is 11.4 Å². The zero-order valence-electron chi connectivity index (χ0n) is 16.0.